The lowest BCUT2D eigenvalue weighted by molar-refractivity contribution is -0.129. The third kappa shape index (κ3) is 2.28. The van der Waals surface area contributed by atoms with Crippen molar-refractivity contribution in [1.29, 1.82) is 0 Å². The van der Waals surface area contributed by atoms with Gasteiger partial charge in [0.2, 0.25) is 6.29 Å². The summed E-state index contributed by atoms with van der Waals surface area (Å²) < 4.78 is 5.09. The molecule has 0 bridgehead atoms. The summed E-state index contributed by atoms with van der Waals surface area (Å²) in [5, 5.41) is 0. The van der Waals surface area contributed by atoms with Crippen LogP contribution in [0.5, 0.6) is 0 Å². The molecule has 4 nitrogen and oxygen atoms in total. The number of hydrogen-bond acceptors (Lipinski definition) is 3. The third-order valence-electron chi connectivity index (χ3n) is 2.56. The predicted molar refractivity (Wildman–Crippen MR) is 59.3 cm³/mol. The molecule has 2 rings (SSSR count). The Morgan fingerprint density at radius 2 is 2.25 bits per heavy atom. The summed E-state index contributed by atoms with van der Waals surface area (Å²) >= 11 is 0. The third-order valence-corrected chi connectivity index (χ3v) is 2.56. The molecule has 4 heteroatoms. The molecular formula is C12H13NO3. The summed E-state index contributed by atoms with van der Waals surface area (Å²) in [6.07, 6.45) is 0.415. The summed E-state index contributed by atoms with van der Waals surface area (Å²) in [5.41, 5.74) is 1.74. The molecule has 16 heavy (non-hydrogen) atoms. The van der Waals surface area contributed by atoms with E-state index in [0.717, 1.165) is 11.3 Å². The molecule has 1 aliphatic heterocycles. The molecule has 84 valence electrons. The van der Waals surface area contributed by atoms with Gasteiger partial charge in [0, 0.05) is 5.69 Å². The van der Waals surface area contributed by atoms with E-state index in [0.29, 0.717) is 19.4 Å². The molecule has 0 radical (unpaired) electrons. The van der Waals surface area contributed by atoms with Crippen molar-refractivity contribution in [1.82, 2.24) is 0 Å². The predicted octanol–water partition coefficient (Wildman–Crippen LogP) is 0.926. The van der Waals surface area contributed by atoms with E-state index in [1.54, 1.807) is 0 Å². The number of epoxide rings is 1. The Morgan fingerprint density at radius 3 is 2.81 bits per heavy atom. The molecule has 0 saturated carbocycles. The Balaban J connectivity index is 2.26. The summed E-state index contributed by atoms with van der Waals surface area (Å²) in [5.74, 6) is -0.523. The van der Waals surface area contributed by atoms with Crippen LogP contribution in [0, 0.1) is 6.92 Å². The van der Waals surface area contributed by atoms with Crippen molar-refractivity contribution in [2.45, 2.75) is 13.0 Å². The first-order valence-electron chi connectivity index (χ1n) is 5.16. The van der Waals surface area contributed by atoms with Crippen LogP contribution in [0.4, 0.5) is 5.69 Å². The summed E-state index contributed by atoms with van der Waals surface area (Å²) in [6.45, 7) is 3.02. The van der Waals surface area contributed by atoms with E-state index >= 15 is 0 Å². The number of hydrogen-bond donors (Lipinski definition) is 0. The van der Waals surface area contributed by atoms with Crippen molar-refractivity contribution in [2.24, 2.45) is 0 Å². The van der Waals surface area contributed by atoms with Crippen LogP contribution in [-0.2, 0) is 14.3 Å². The monoisotopic (exact) mass is 219 g/mol. The molecule has 1 aromatic carbocycles. The average molecular weight is 219 g/mol. The van der Waals surface area contributed by atoms with Crippen LogP contribution in [0.25, 0.3) is 0 Å². The minimum atomic E-state index is -0.523. The fourth-order valence-corrected chi connectivity index (χ4v) is 1.61. The lowest BCUT2D eigenvalue weighted by Crippen LogP contribution is -2.35. The van der Waals surface area contributed by atoms with Crippen LogP contribution in [0.3, 0.4) is 0 Å². The largest absolute Gasteiger partial charge is 0.371 e. The van der Waals surface area contributed by atoms with Gasteiger partial charge in [-0.25, -0.2) is 0 Å². The lowest BCUT2D eigenvalue weighted by atomic mass is 10.1. The van der Waals surface area contributed by atoms with Gasteiger partial charge in [-0.1, -0.05) is 18.2 Å². The molecule has 1 heterocycles. The van der Waals surface area contributed by atoms with Gasteiger partial charge < -0.3 is 9.64 Å². The van der Waals surface area contributed by atoms with Crippen molar-refractivity contribution in [3.05, 3.63) is 29.8 Å². The number of aryl methyl sites for hydroxylation is 1. The minimum Gasteiger partial charge on any atom is -0.371 e. The van der Waals surface area contributed by atoms with Gasteiger partial charge in [-0.3, -0.25) is 9.59 Å². The molecule has 0 spiro atoms. The van der Waals surface area contributed by atoms with E-state index < -0.39 is 5.91 Å². The van der Waals surface area contributed by atoms with Crippen molar-refractivity contribution >= 4 is 17.9 Å². The highest BCUT2D eigenvalue weighted by Crippen LogP contribution is 2.22. The zero-order valence-corrected chi connectivity index (χ0v) is 9.05. The van der Waals surface area contributed by atoms with Gasteiger partial charge in [-0.05, 0) is 18.6 Å². The lowest BCUT2D eigenvalue weighted by Gasteiger charge is -2.21. The maximum atomic E-state index is 11.5. The van der Waals surface area contributed by atoms with Gasteiger partial charge in [0.15, 0.2) is 0 Å². The van der Waals surface area contributed by atoms with Gasteiger partial charge in [0.1, 0.15) is 0 Å². The van der Waals surface area contributed by atoms with Crippen LogP contribution in [0.2, 0.25) is 0 Å². The number of rotatable bonds is 4. The number of amides is 1. The first-order chi connectivity index (χ1) is 7.72. The van der Waals surface area contributed by atoms with E-state index in [9.17, 15) is 9.59 Å². The van der Waals surface area contributed by atoms with E-state index in [4.69, 9.17) is 4.74 Å². The second-order valence-electron chi connectivity index (χ2n) is 3.81. The number of nitrogens with zero attached hydrogens (tertiary/aromatic N) is 1. The Kier molecular flexibility index (Phi) is 3.01. The van der Waals surface area contributed by atoms with Gasteiger partial charge in [0.05, 0.1) is 19.3 Å². The van der Waals surface area contributed by atoms with Crippen LogP contribution in [0.1, 0.15) is 5.56 Å². The minimum absolute atomic E-state index is 0.0727. The van der Waals surface area contributed by atoms with Crippen LogP contribution < -0.4 is 4.90 Å². The summed E-state index contributed by atoms with van der Waals surface area (Å²) in [6, 6.07) is 7.49. The van der Waals surface area contributed by atoms with Crippen molar-refractivity contribution in [3.8, 4) is 0 Å². The van der Waals surface area contributed by atoms with Gasteiger partial charge >= 0.3 is 0 Å². The SMILES string of the molecule is Cc1ccccc1N(CC1CO1)C(=O)C=O. The first kappa shape index (κ1) is 10.8. The molecule has 1 fully saturated rings. The van der Waals surface area contributed by atoms with Crippen LogP contribution in [-0.4, -0.2) is 31.4 Å². The van der Waals surface area contributed by atoms with E-state index in [2.05, 4.69) is 0 Å². The van der Waals surface area contributed by atoms with Gasteiger partial charge in [-0.2, -0.15) is 0 Å². The molecular weight excluding hydrogens is 206 g/mol. The molecule has 0 aliphatic carbocycles. The maximum absolute atomic E-state index is 11.5. The fourth-order valence-electron chi connectivity index (χ4n) is 1.61. The maximum Gasteiger partial charge on any atom is 0.291 e. The number of ether oxygens (including phenoxy) is 1. The first-order valence-corrected chi connectivity index (χ1v) is 5.16. The Bertz CT molecular complexity index is 412. The highest BCUT2D eigenvalue weighted by Gasteiger charge is 2.29. The fraction of sp³-hybridized carbons (Fsp3) is 0.333. The number of para-hydroxylation sites is 1. The number of carbonyl (C=O) groups is 2. The number of carbonyl (C=O) groups excluding carboxylic acids is 2. The van der Waals surface area contributed by atoms with Gasteiger partial charge in [-0.15, -0.1) is 0 Å². The quantitative estimate of drug-likeness (QED) is 0.430. The number of anilines is 1. The normalized spacial score (nSPS) is 17.9. The molecule has 1 atom stereocenters. The molecule has 1 saturated heterocycles. The second kappa shape index (κ2) is 4.45. The number of aldehydes is 1. The molecule has 1 unspecified atom stereocenters. The van der Waals surface area contributed by atoms with Crippen LogP contribution in [0.15, 0.2) is 24.3 Å². The number of benzene rings is 1. The Labute approximate surface area is 93.8 Å². The second-order valence-corrected chi connectivity index (χ2v) is 3.81. The zero-order chi connectivity index (χ0) is 11.5. The van der Waals surface area contributed by atoms with E-state index in [1.165, 1.54) is 4.90 Å². The highest BCUT2D eigenvalue weighted by atomic mass is 16.6. The smallest absolute Gasteiger partial charge is 0.291 e. The van der Waals surface area contributed by atoms with Crippen LogP contribution >= 0.6 is 0 Å². The summed E-state index contributed by atoms with van der Waals surface area (Å²) in [7, 11) is 0. The zero-order valence-electron chi connectivity index (χ0n) is 9.05. The molecule has 0 N–H and O–H groups in total. The van der Waals surface area contributed by atoms with Gasteiger partial charge in [0.25, 0.3) is 5.91 Å². The van der Waals surface area contributed by atoms with Crippen molar-refractivity contribution in [3.63, 3.8) is 0 Å². The average Bonchev–Trinajstić information content (AvgIpc) is 3.10. The van der Waals surface area contributed by atoms with E-state index in [-0.39, 0.29) is 6.10 Å². The van der Waals surface area contributed by atoms with Crippen molar-refractivity contribution < 1.29 is 14.3 Å². The summed E-state index contributed by atoms with van der Waals surface area (Å²) in [4.78, 5) is 23.6. The Morgan fingerprint density at radius 1 is 1.56 bits per heavy atom. The topological polar surface area (TPSA) is 49.9 Å². The van der Waals surface area contributed by atoms with Crippen molar-refractivity contribution in [2.75, 3.05) is 18.1 Å². The Hall–Kier alpha value is -1.68. The molecule has 0 aromatic heterocycles. The molecule has 1 aliphatic rings. The highest BCUT2D eigenvalue weighted by molar-refractivity contribution is 6.30. The molecule has 1 aromatic rings. The van der Waals surface area contributed by atoms with E-state index in [1.807, 2.05) is 31.2 Å². The molecule has 1 amide bonds. The standard InChI is InChI=1S/C12H13NO3/c1-9-4-2-3-5-11(9)13(12(15)7-14)6-10-8-16-10/h2-5,7,10H,6,8H2,1H3.